The number of amides is 2. The molecule has 1 aliphatic heterocycles. The number of anilines is 1. The third-order valence-electron chi connectivity index (χ3n) is 5.66. The molecule has 0 bridgehead atoms. The molecule has 3 rings (SSSR count). The molecule has 1 N–H and O–H groups in total. The van der Waals surface area contributed by atoms with Crippen molar-refractivity contribution in [1.29, 1.82) is 0 Å². The topological polar surface area (TPSA) is 96.0 Å². The molecule has 2 aromatic rings. The minimum absolute atomic E-state index is 0.103. The molecular weight excluding hydrogens is 454 g/mol. The van der Waals surface area contributed by atoms with Gasteiger partial charge in [-0.1, -0.05) is 19.9 Å². The van der Waals surface area contributed by atoms with Crippen LogP contribution >= 0.6 is 0 Å². The summed E-state index contributed by atoms with van der Waals surface area (Å²) >= 11 is 0. The molecule has 9 heteroatoms. The van der Waals surface area contributed by atoms with Gasteiger partial charge in [0.2, 0.25) is 5.91 Å². The fraction of sp³-hybridized carbons (Fsp3) is 0.440. The van der Waals surface area contributed by atoms with Crippen LogP contribution in [0.3, 0.4) is 0 Å². The van der Waals surface area contributed by atoms with Gasteiger partial charge in [-0.3, -0.25) is 14.3 Å². The first kappa shape index (κ1) is 25.6. The zero-order valence-electron chi connectivity index (χ0n) is 20.0. The summed E-state index contributed by atoms with van der Waals surface area (Å²) in [6.07, 6.45) is 1.39. The molecule has 0 aliphatic carbocycles. The van der Waals surface area contributed by atoms with Gasteiger partial charge in [-0.25, -0.2) is 8.42 Å². The second kappa shape index (κ2) is 11.4. The van der Waals surface area contributed by atoms with Crippen molar-refractivity contribution in [3.63, 3.8) is 0 Å². The molecule has 0 spiro atoms. The number of nitrogens with one attached hydrogen (secondary N) is 1. The lowest BCUT2D eigenvalue weighted by molar-refractivity contribution is -0.132. The normalized spacial score (nSPS) is 14.2. The third-order valence-corrected chi connectivity index (χ3v) is 7.06. The van der Waals surface area contributed by atoms with E-state index in [9.17, 15) is 18.0 Å². The van der Waals surface area contributed by atoms with Crippen molar-refractivity contribution in [2.24, 2.45) is 5.92 Å². The van der Waals surface area contributed by atoms with E-state index in [0.29, 0.717) is 62.1 Å². The van der Waals surface area contributed by atoms with Crippen LogP contribution < -0.4 is 9.46 Å². The highest BCUT2D eigenvalue weighted by molar-refractivity contribution is 7.92. The monoisotopic (exact) mass is 487 g/mol. The van der Waals surface area contributed by atoms with Gasteiger partial charge in [0, 0.05) is 43.9 Å². The molecule has 1 aliphatic rings. The largest absolute Gasteiger partial charge is 0.494 e. The number of carbonyl (C=O) groups excluding carboxylic acids is 2. The smallest absolute Gasteiger partial charge is 0.261 e. The first-order valence-electron chi connectivity index (χ1n) is 11.6. The van der Waals surface area contributed by atoms with E-state index in [-0.39, 0.29) is 16.7 Å². The second-order valence-corrected chi connectivity index (χ2v) is 10.4. The quantitative estimate of drug-likeness (QED) is 0.583. The Bertz CT molecular complexity index is 1090. The Morgan fingerprint density at radius 3 is 2.26 bits per heavy atom. The Hall–Kier alpha value is -3.07. The Morgan fingerprint density at radius 1 is 1.00 bits per heavy atom. The van der Waals surface area contributed by atoms with E-state index in [1.54, 1.807) is 35.2 Å². The lowest BCUT2D eigenvalue weighted by Gasteiger charge is -2.35. The number of ether oxygens (including phenoxy) is 1. The summed E-state index contributed by atoms with van der Waals surface area (Å²) in [5.41, 5.74) is 0.703. The van der Waals surface area contributed by atoms with Crippen LogP contribution in [0.2, 0.25) is 0 Å². The predicted octanol–water partition coefficient (Wildman–Crippen LogP) is 3.61. The Morgan fingerprint density at radius 2 is 1.65 bits per heavy atom. The van der Waals surface area contributed by atoms with Crippen LogP contribution in [0, 0.1) is 5.92 Å². The van der Waals surface area contributed by atoms with Crippen LogP contribution in [-0.2, 0) is 14.8 Å². The van der Waals surface area contributed by atoms with Crippen LogP contribution in [-0.4, -0.2) is 62.8 Å². The second-order valence-electron chi connectivity index (χ2n) is 8.70. The average molecular weight is 488 g/mol. The standard InChI is InChI=1S/C25H33N3O5S/c1-4-33-22-9-11-23(12-10-22)34(31,32)26-21-7-5-6-20(18-21)25(30)28-16-14-27(15-17-28)24(29)13-8-19(2)3/h5-7,9-12,18-19,26H,4,8,13-17H2,1-3H3. The molecule has 0 saturated carbocycles. The number of hydrogen-bond donors (Lipinski definition) is 1. The predicted molar refractivity (Wildman–Crippen MR) is 131 cm³/mol. The maximum absolute atomic E-state index is 13.0. The van der Waals surface area contributed by atoms with Crippen LogP contribution in [0.4, 0.5) is 5.69 Å². The van der Waals surface area contributed by atoms with E-state index in [0.717, 1.165) is 6.42 Å². The zero-order chi connectivity index (χ0) is 24.7. The van der Waals surface area contributed by atoms with Gasteiger partial charge in [-0.15, -0.1) is 0 Å². The fourth-order valence-electron chi connectivity index (χ4n) is 3.72. The van der Waals surface area contributed by atoms with Gasteiger partial charge in [-0.05, 0) is 61.7 Å². The summed E-state index contributed by atoms with van der Waals surface area (Å²) in [5.74, 6) is 1.02. The van der Waals surface area contributed by atoms with Crippen molar-refractivity contribution in [2.75, 3.05) is 37.5 Å². The van der Waals surface area contributed by atoms with Gasteiger partial charge in [0.15, 0.2) is 0 Å². The number of nitrogens with zero attached hydrogens (tertiary/aromatic N) is 2. The minimum atomic E-state index is -3.82. The average Bonchev–Trinajstić information content (AvgIpc) is 2.82. The van der Waals surface area contributed by atoms with Crippen LogP contribution in [0.15, 0.2) is 53.4 Å². The van der Waals surface area contributed by atoms with Crippen LogP contribution in [0.5, 0.6) is 5.75 Å². The molecular formula is C25H33N3O5S. The van der Waals surface area contributed by atoms with Crippen molar-refractivity contribution in [3.05, 3.63) is 54.1 Å². The zero-order valence-corrected chi connectivity index (χ0v) is 20.8. The highest BCUT2D eigenvalue weighted by atomic mass is 32.2. The molecule has 184 valence electrons. The van der Waals surface area contributed by atoms with Gasteiger partial charge in [0.1, 0.15) is 5.75 Å². The Labute approximate surface area is 201 Å². The first-order valence-corrected chi connectivity index (χ1v) is 13.1. The summed E-state index contributed by atoms with van der Waals surface area (Å²) in [4.78, 5) is 29.0. The lowest BCUT2D eigenvalue weighted by atomic mass is 10.1. The summed E-state index contributed by atoms with van der Waals surface area (Å²) in [5, 5.41) is 0. The summed E-state index contributed by atoms with van der Waals surface area (Å²) in [6.45, 7) is 8.46. The summed E-state index contributed by atoms with van der Waals surface area (Å²) in [7, 11) is -3.82. The summed E-state index contributed by atoms with van der Waals surface area (Å²) < 4.78 is 33.4. The van der Waals surface area contributed by atoms with Gasteiger partial charge in [0.05, 0.1) is 11.5 Å². The van der Waals surface area contributed by atoms with Crippen LogP contribution in [0.25, 0.3) is 0 Å². The molecule has 8 nitrogen and oxygen atoms in total. The van der Waals surface area contributed by atoms with Crippen molar-refractivity contribution in [3.8, 4) is 5.75 Å². The highest BCUT2D eigenvalue weighted by Crippen LogP contribution is 2.21. The molecule has 2 aromatic carbocycles. The van der Waals surface area contributed by atoms with Gasteiger partial charge >= 0.3 is 0 Å². The van der Waals surface area contributed by atoms with Gasteiger partial charge < -0.3 is 14.5 Å². The van der Waals surface area contributed by atoms with Crippen molar-refractivity contribution in [2.45, 2.75) is 38.5 Å². The van der Waals surface area contributed by atoms with Crippen molar-refractivity contribution in [1.82, 2.24) is 9.80 Å². The number of sulfonamides is 1. The van der Waals surface area contributed by atoms with E-state index in [2.05, 4.69) is 18.6 Å². The molecule has 1 saturated heterocycles. The molecule has 0 atom stereocenters. The first-order chi connectivity index (χ1) is 16.2. The molecule has 0 unspecified atom stereocenters. The summed E-state index contributed by atoms with van der Waals surface area (Å²) in [6, 6.07) is 12.6. The number of hydrogen-bond acceptors (Lipinski definition) is 5. The molecule has 34 heavy (non-hydrogen) atoms. The SMILES string of the molecule is CCOc1ccc(S(=O)(=O)Nc2cccc(C(=O)N3CCN(C(=O)CCC(C)C)CC3)c2)cc1. The number of piperazine rings is 1. The maximum atomic E-state index is 13.0. The minimum Gasteiger partial charge on any atom is -0.494 e. The third kappa shape index (κ3) is 6.72. The molecule has 1 heterocycles. The van der Waals surface area contributed by atoms with E-state index >= 15 is 0 Å². The number of benzene rings is 2. The van der Waals surface area contributed by atoms with Crippen molar-refractivity contribution >= 4 is 27.5 Å². The van der Waals surface area contributed by atoms with E-state index in [4.69, 9.17) is 4.74 Å². The fourth-order valence-corrected chi connectivity index (χ4v) is 4.77. The maximum Gasteiger partial charge on any atom is 0.261 e. The van der Waals surface area contributed by atoms with Crippen molar-refractivity contribution < 1.29 is 22.7 Å². The Kier molecular flexibility index (Phi) is 8.55. The highest BCUT2D eigenvalue weighted by Gasteiger charge is 2.25. The van der Waals surface area contributed by atoms with E-state index in [1.165, 1.54) is 18.2 Å². The van der Waals surface area contributed by atoms with Gasteiger partial charge in [0.25, 0.3) is 15.9 Å². The molecule has 0 radical (unpaired) electrons. The van der Waals surface area contributed by atoms with Crippen LogP contribution in [0.1, 0.15) is 44.0 Å². The number of carbonyl (C=O) groups is 2. The van der Waals surface area contributed by atoms with E-state index in [1.807, 2.05) is 11.8 Å². The molecule has 2 amide bonds. The molecule has 1 fully saturated rings. The Balaban J connectivity index is 1.61. The lowest BCUT2D eigenvalue weighted by Crippen LogP contribution is -2.50. The van der Waals surface area contributed by atoms with E-state index < -0.39 is 10.0 Å². The molecule has 0 aromatic heterocycles. The number of rotatable bonds is 9. The van der Waals surface area contributed by atoms with Gasteiger partial charge in [-0.2, -0.15) is 0 Å².